The van der Waals surface area contributed by atoms with Crippen LogP contribution in [0.3, 0.4) is 0 Å². The van der Waals surface area contributed by atoms with E-state index in [-0.39, 0.29) is 17.3 Å². The SMILES string of the molecule is Cc1cccc(C)c1-c1nc(Nc2ccc(OCCN3CCN(C(C)C)CC3)c(F)c2)ncc1C(N)=O. The first-order valence-electron chi connectivity index (χ1n) is 12.6. The summed E-state index contributed by atoms with van der Waals surface area (Å²) in [6, 6.07) is 11.1. The van der Waals surface area contributed by atoms with Crippen LogP contribution in [-0.4, -0.2) is 71.0 Å². The van der Waals surface area contributed by atoms with Gasteiger partial charge < -0.3 is 15.8 Å². The Kier molecular flexibility index (Phi) is 8.35. The largest absolute Gasteiger partial charge is 0.489 e. The number of ether oxygens (including phenoxy) is 1. The molecule has 9 heteroatoms. The van der Waals surface area contributed by atoms with Gasteiger partial charge in [-0.15, -0.1) is 0 Å². The number of aryl methyl sites for hydroxylation is 2. The molecule has 4 rings (SSSR count). The average Bonchev–Trinajstić information content (AvgIpc) is 2.85. The van der Waals surface area contributed by atoms with Crippen molar-refractivity contribution in [3.63, 3.8) is 0 Å². The third-order valence-electron chi connectivity index (χ3n) is 6.76. The Morgan fingerprint density at radius 2 is 1.84 bits per heavy atom. The molecule has 1 amide bonds. The lowest BCUT2D eigenvalue weighted by molar-refractivity contribution is 0.0965. The molecule has 8 nitrogen and oxygen atoms in total. The standard InChI is InChI=1S/C28H35FN6O2/c1-18(2)35-12-10-34(11-13-35)14-15-37-24-9-8-21(16-23(24)29)32-28-31-17-22(27(30)36)26(33-28)25-19(3)6-5-7-20(25)4/h5-9,16-18H,10-15H2,1-4H3,(H2,30,36)(H,31,32,33). The topological polar surface area (TPSA) is 96.6 Å². The highest BCUT2D eigenvalue weighted by molar-refractivity contribution is 5.99. The van der Waals surface area contributed by atoms with Crippen LogP contribution < -0.4 is 15.8 Å². The molecule has 0 unspecified atom stereocenters. The van der Waals surface area contributed by atoms with Gasteiger partial charge in [-0.25, -0.2) is 14.4 Å². The minimum atomic E-state index is -0.612. The first-order chi connectivity index (χ1) is 17.7. The van der Waals surface area contributed by atoms with Gasteiger partial charge >= 0.3 is 0 Å². The number of carbonyl (C=O) groups excluding carboxylic acids is 1. The van der Waals surface area contributed by atoms with Crippen molar-refractivity contribution in [3.8, 4) is 17.0 Å². The monoisotopic (exact) mass is 506 g/mol. The quantitative estimate of drug-likeness (QED) is 0.450. The highest BCUT2D eigenvalue weighted by Crippen LogP contribution is 2.30. The number of piperazine rings is 1. The molecule has 196 valence electrons. The maximum Gasteiger partial charge on any atom is 0.252 e. The Labute approximate surface area is 217 Å². The van der Waals surface area contributed by atoms with Crippen LogP contribution in [0.5, 0.6) is 5.75 Å². The zero-order valence-electron chi connectivity index (χ0n) is 21.9. The van der Waals surface area contributed by atoms with E-state index in [1.807, 2.05) is 32.0 Å². The molecule has 2 aromatic carbocycles. The second-order valence-electron chi connectivity index (χ2n) is 9.68. The molecule has 37 heavy (non-hydrogen) atoms. The molecule has 1 fully saturated rings. The number of primary amides is 1. The summed E-state index contributed by atoms with van der Waals surface area (Å²) in [6.45, 7) is 13.6. The Balaban J connectivity index is 1.42. The van der Waals surface area contributed by atoms with Gasteiger partial charge in [0.05, 0.1) is 11.3 Å². The number of halogens is 1. The molecule has 3 aromatic rings. The van der Waals surface area contributed by atoms with Crippen molar-refractivity contribution >= 4 is 17.5 Å². The van der Waals surface area contributed by atoms with Crippen molar-refractivity contribution in [2.24, 2.45) is 5.73 Å². The fraction of sp³-hybridized carbons (Fsp3) is 0.393. The number of hydrogen-bond donors (Lipinski definition) is 2. The van der Waals surface area contributed by atoms with Gasteiger partial charge in [0.1, 0.15) is 6.61 Å². The van der Waals surface area contributed by atoms with Crippen LogP contribution in [-0.2, 0) is 0 Å². The molecule has 1 aliphatic heterocycles. The van der Waals surface area contributed by atoms with Gasteiger partial charge in [0.15, 0.2) is 11.6 Å². The molecule has 1 saturated heterocycles. The molecule has 3 N–H and O–H groups in total. The fourth-order valence-electron chi connectivity index (χ4n) is 4.61. The van der Waals surface area contributed by atoms with Gasteiger partial charge in [-0.05, 0) is 51.0 Å². The summed E-state index contributed by atoms with van der Waals surface area (Å²) in [5.74, 6) is -0.652. The number of carbonyl (C=O) groups is 1. The summed E-state index contributed by atoms with van der Waals surface area (Å²) in [5, 5.41) is 3.03. The van der Waals surface area contributed by atoms with Crippen LogP contribution in [0.4, 0.5) is 16.0 Å². The molecule has 2 heterocycles. The number of nitrogens with one attached hydrogen (secondary N) is 1. The highest BCUT2D eigenvalue weighted by atomic mass is 19.1. The van der Waals surface area contributed by atoms with Crippen LogP contribution in [0.2, 0.25) is 0 Å². The van der Waals surface area contributed by atoms with E-state index in [9.17, 15) is 9.18 Å². The summed E-state index contributed by atoms with van der Waals surface area (Å²) in [6.07, 6.45) is 1.40. The lowest BCUT2D eigenvalue weighted by Gasteiger charge is -2.36. The van der Waals surface area contributed by atoms with Gasteiger partial charge in [0, 0.05) is 62.3 Å². The summed E-state index contributed by atoms with van der Waals surface area (Å²) in [7, 11) is 0. The van der Waals surface area contributed by atoms with E-state index >= 15 is 0 Å². The third kappa shape index (κ3) is 6.42. The highest BCUT2D eigenvalue weighted by Gasteiger charge is 2.19. The number of benzene rings is 2. The normalized spacial score (nSPS) is 14.6. The lowest BCUT2D eigenvalue weighted by atomic mass is 9.97. The number of nitrogens with zero attached hydrogens (tertiary/aromatic N) is 4. The van der Waals surface area contributed by atoms with Crippen LogP contribution in [0.15, 0.2) is 42.6 Å². The molecular weight excluding hydrogens is 471 g/mol. The Morgan fingerprint density at radius 3 is 2.46 bits per heavy atom. The van der Waals surface area contributed by atoms with Gasteiger partial charge in [-0.1, -0.05) is 18.2 Å². The van der Waals surface area contributed by atoms with E-state index in [1.54, 1.807) is 12.1 Å². The predicted octanol–water partition coefficient (Wildman–Crippen LogP) is 4.15. The van der Waals surface area contributed by atoms with Crippen LogP contribution in [0, 0.1) is 19.7 Å². The van der Waals surface area contributed by atoms with E-state index < -0.39 is 11.7 Å². The molecule has 0 spiro atoms. The Hall–Kier alpha value is -3.56. The Morgan fingerprint density at radius 1 is 1.14 bits per heavy atom. The van der Waals surface area contributed by atoms with Gasteiger partial charge in [0.25, 0.3) is 5.91 Å². The average molecular weight is 507 g/mol. The zero-order valence-corrected chi connectivity index (χ0v) is 21.9. The van der Waals surface area contributed by atoms with E-state index in [2.05, 4.69) is 38.9 Å². The van der Waals surface area contributed by atoms with Gasteiger partial charge in [-0.2, -0.15) is 0 Å². The van der Waals surface area contributed by atoms with Crippen molar-refractivity contribution in [1.29, 1.82) is 0 Å². The molecule has 0 atom stereocenters. The molecule has 1 aromatic heterocycles. The first kappa shape index (κ1) is 26.5. The van der Waals surface area contributed by atoms with Crippen LogP contribution >= 0.6 is 0 Å². The summed E-state index contributed by atoms with van der Waals surface area (Å²) >= 11 is 0. The van der Waals surface area contributed by atoms with Gasteiger partial charge in [-0.3, -0.25) is 14.6 Å². The maximum absolute atomic E-state index is 14.8. The van der Waals surface area contributed by atoms with Crippen LogP contribution in [0.1, 0.15) is 35.3 Å². The fourth-order valence-corrected chi connectivity index (χ4v) is 4.61. The second-order valence-corrected chi connectivity index (χ2v) is 9.68. The number of hydrogen-bond acceptors (Lipinski definition) is 7. The second kappa shape index (κ2) is 11.7. The van der Waals surface area contributed by atoms with E-state index in [0.29, 0.717) is 24.0 Å². The van der Waals surface area contributed by atoms with Crippen molar-refractivity contribution in [2.75, 3.05) is 44.6 Å². The van der Waals surface area contributed by atoms with Gasteiger partial charge in [0.2, 0.25) is 5.95 Å². The molecule has 1 aliphatic rings. The van der Waals surface area contributed by atoms with Crippen molar-refractivity contribution in [2.45, 2.75) is 33.7 Å². The minimum absolute atomic E-state index is 0.201. The third-order valence-corrected chi connectivity index (χ3v) is 6.76. The predicted molar refractivity (Wildman–Crippen MR) is 144 cm³/mol. The van der Waals surface area contributed by atoms with Crippen molar-refractivity contribution < 1.29 is 13.9 Å². The van der Waals surface area contributed by atoms with E-state index in [1.165, 1.54) is 12.3 Å². The number of nitrogens with two attached hydrogens (primary N) is 1. The molecule has 0 saturated carbocycles. The number of amides is 1. The summed E-state index contributed by atoms with van der Waals surface area (Å²) in [5.41, 5.74) is 9.46. The van der Waals surface area contributed by atoms with E-state index in [0.717, 1.165) is 49.4 Å². The smallest absolute Gasteiger partial charge is 0.252 e. The van der Waals surface area contributed by atoms with Crippen molar-refractivity contribution in [3.05, 3.63) is 65.1 Å². The molecule has 0 aliphatic carbocycles. The number of anilines is 2. The zero-order chi connectivity index (χ0) is 26.5. The molecular formula is C28H35FN6O2. The minimum Gasteiger partial charge on any atom is -0.489 e. The number of aromatic nitrogens is 2. The summed E-state index contributed by atoms with van der Waals surface area (Å²) < 4.78 is 20.5. The van der Waals surface area contributed by atoms with Crippen LogP contribution in [0.25, 0.3) is 11.3 Å². The molecule has 0 radical (unpaired) electrons. The van der Waals surface area contributed by atoms with E-state index in [4.69, 9.17) is 10.5 Å². The number of rotatable bonds is 9. The summed E-state index contributed by atoms with van der Waals surface area (Å²) in [4.78, 5) is 25.6. The lowest BCUT2D eigenvalue weighted by Crippen LogP contribution is -2.49. The Bertz CT molecular complexity index is 1240. The maximum atomic E-state index is 14.8. The molecule has 0 bridgehead atoms. The van der Waals surface area contributed by atoms with Crippen molar-refractivity contribution in [1.82, 2.24) is 19.8 Å². The first-order valence-corrected chi connectivity index (χ1v) is 12.6.